The number of nitriles is 1. The molecule has 44 heavy (non-hydrogen) atoms. The number of nitrogen functional groups attached to an aromatic ring is 1. The summed E-state index contributed by atoms with van der Waals surface area (Å²) in [5, 5.41) is 30.6. The first-order chi connectivity index (χ1) is 21.3. The lowest BCUT2D eigenvalue weighted by atomic mass is 9.93. The fourth-order valence-corrected chi connectivity index (χ4v) is 5.64. The zero-order valence-corrected chi connectivity index (χ0v) is 25.1. The number of hydrogen-bond donors (Lipinski definition) is 4. The molecule has 0 bridgehead atoms. The number of benzene rings is 3. The number of fused-ring (bicyclic) bond motifs is 2. The molecule has 0 saturated carbocycles. The maximum Gasteiger partial charge on any atom is 0.269 e. The molecule has 3 aromatic carbocycles. The Morgan fingerprint density at radius 2 is 1.73 bits per heavy atom. The Hall–Kier alpha value is -4.92. The van der Waals surface area contributed by atoms with Crippen molar-refractivity contribution in [1.29, 1.82) is 5.26 Å². The van der Waals surface area contributed by atoms with E-state index in [9.17, 15) is 10.1 Å². The Bertz CT molecular complexity index is 1600. The molecule has 0 spiro atoms. The van der Waals surface area contributed by atoms with Gasteiger partial charge in [0.1, 0.15) is 6.73 Å². The average Bonchev–Trinajstić information content (AvgIpc) is 3.04. The number of aromatic nitrogens is 1. The van der Waals surface area contributed by atoms with Crippen LogP contribution in [0.3, 0.4) is 0 Å². The number of rotatable bonds is 6. The van der Waals surface area contributed by atoms with Crippen LogP contribution in [0.2, 0.25) is 0 Å². The fraction of sp³-hybridized carbons (Fsp3) is 0.333. The molecule has 230 valence electrons. The lowest BCUT2D eigenvalue weighted by Gasteiger charge is -2.36. The number of nitro groups is 1. The summed E-state index contributed by atoms with van der Waals surface area (Å²) in [4.78, 5) is 19.8. The van der Waals surface area contributed by atoms with Crippen molar-refractivity contribution in [3.63, 3.8) is 0 Å². The SMILES string of the molecule is Cc1ccccc1CN1CCN(c2ccc([N+](=O)[O-])cc2)CC1.N#CN.Nc1c2c(nc3ccc(NCO)cc13)CCCC2. The number of pyridine rings is 1. The highest BCUT2D eigenvalue weighted by molar-refractivity contribution is 5.94. The Morgan fingerprint density at radius 1 is 1.05 bits per heavy atom. The van der Waals surface area contributed by atoms with Gasteiger partial charge in [-0.15, -0.1) is 0 Å². The number of aryl methyl sites for hydroxylation is 2. The first kappa shape index (κ1) is 32.0. The first-order valence-electron chi connectivity index (χ1n) is 14.8. The first-order valence-corrected chi connectivity index (χ1v) is 14.8. The Labute approximate surface area is 257 Å². The molecule has 1 fully saturated rings. The van der Waals surface area contributed by atoms with Crippen LogP contribution in [0.4, 0.5) is 22.7 Å². The highest BCUT2D eigenvalue weighted by Crippen LogP contribution is 2.32. The molecule has 0 unspecified atom stereocenters. The summed E-state index contributed by atoms with van der Waals surface area (Å²) in [5.41, 5.74) is 19.4. The molecule has 1 aliphatic heterocycles. The topological polar surface area (TPSA) is 171 Å². The number of non-ortho nitro benzene ring substituents is 1. The van der Waals surface area contributed by atoms with Gasteiger partial charge < -0.3 is 26.8 Å². The summed E-state index contributed by atoms with van der Waals surface area (Å²) >= 11 is 0. The zero-order valence-electron chi connectivity index (χ0n) is 25.1. The van der Waals surface area contributed by atoms with Gasteiger partial charge in [-0.3, -0.25) is 20.0 Å². The number of hydrogen-bond acceptors (Lipinski definition) is 10. The minimum absolute atomic E-state index is 0.0796. The highest BCUT2D eigenvalue weighted by Gasteiger charge is 2.19. The highest BCUT2D eigenvalue weighted by atomic mass is 16.6. The van der Waals surface area contributed by atoms with E-state index < -0.39 is 0 Å². The second kappa shape index (κ2) is 15.5. The summed E-state index contributed by atoms with van der Waals surface area (Å²) < 4.78 is 0. The third-order valence-electron chi connectivity index (χ3n) is 8.04. The van der Waals surface area contributed by atoms with Gasteiger partial charge in [-0.1, -0.05) is 24.3 Å². The molecule has 11 nitrogen and oxygen atoms in total. The van der Waals surface area contributed by atoms with Crippen LogP contribution in [0.15, 0.2) is 66.7 Å². The van der Waals surface area contributed by atoms with Crippen LogP contribution in [0, 0.1) is 28.5 Å². The summed E-state index contributed by atoms with van der Waals surface area (Å²) in [5.74, 6) is 0. The largest absolute Gasteiger partial charge is 0.398 e. The molecule has 2 aliphatic rings. The van der Waals surface area contributed by atoms with Crippen molar-refractivity contribution in [2.75, 3.05) is 48.9 Å². The van der Waals surface area contributed by atoms with Gasteiger partial charge in [-0.2, -0.15) is 5.26 Å². The minimum atomic E-state index is -0.357. The zero-order chi connectivity index (χ0) is 31.5. The molecule has 0 radical (unpaired) electrons. The summed E-state index contributed by atoms with van der Waals surface area (Å²) in [7, 11) is 0. The Morgan fingerprint density at radius 3 is 2.39 bits per heavy atom. The van der Waals surface area contributed by atoms with Gasteiger partial charge in [0.15, 0.2) is 6.19 Å². The van der Waals surface area contributed by atoms with Crippen molar-refractivity contribution < 1.29 is 10.0 Å². The second-order valence-electron chi connectivity index (χ2n) is 10.8. The Kier molecular flexibility index (Phi) is 11.3. The maximum atomic E-state index is 10.7. The van der Waals surface area contributed by atoms with E-state index in [1.807, 2.05) is 30.3 Å². The third kappa shape index (κ3) is 8.12. The monoisotopic (exact) mass is 596 g/mol. The molecule has 1 aliphatic carbocycles. The van der Waals surface area contributed by atoms with Gasteiger partial charge >= 0.3 is 0 Å². The smallest absolute Gasteiger partial charge is 0.269 e. The molecule has 4 aromatic rings. The van der Waals surface area contributed by atoms with Crippen molar-refractivity contribution in [3.05, 3.63) is 99.2 Å². The van der Waals surface area contributed by atoms with E-state index in [0.29, 0.717) is 0 Å². The summed E-state index contributed by atoms with van der Waals surface area (Å²) in [6, 6.07) is 21.2. The standard InChI is InChI=1S/C18H21N3O2.C14H17N3O.CH2N2/c1-15-4-2-3-5-16(15)14-19-10-12-20(13-11-19)17-6-8-18(9-7-17)21(22)23;15-14-10-3-1-2-4-12(10)17-13-6-5-9(16-8-18)7-11(13)14;2-1-3/h2-9H,10-14H2,1H3;5-7,16,18H,1-4,8H2,(H2,15,17);2H2. The normalized spacial score (nSPS) is 14.2. The van der Waals surface area contributed by atoms with Crippen molar-refractivity contribution in [3.8, 4) is 6.19 Å². The van der Waals surface area contributed by atoms with Gasteiger partial charge in [-0.25, -0.2) is 0 Å². The van der Waals surface area contributed by atoms with Crippen LogP contribution >= 0.6 is 0 Å². The molecule has 0 amide bonds. The van der Waals surface area contributed by atoms with Crippen LogP contribution in [0.25, 0.3) is 10.9 Å². The van der Waals surface area contributed by atoms with E-state index >= 15 is 0 Å². The van der Waals surface area contributed by atoms with Crippen molar-refractivity contribution >= 4 is 33.7 Å². The number of aliphatic hydroxyl groups is 1. The molecule has 1 aromatic heterocycles. The molecular weight excluding hydrogens is 556 g/mol. The van der Waals surface area contributed by atoms with Crippen LogP contribution < -0.4 is 21.7 Å². The Balaban J connectivity index is 0.000000189. The third-order valence-corrected chi connectivity index (χ3v) is 8.04. The van der Waals surface area contributed by atoms with Crippen molar-refractivity contribution in [1.82, 2.24) is 9.88 Å². The molecular formula is C33H40N8O3. The van der Waals surface area contributed by atoms with E-state index in [-0.39, 0.29) is 17.3 Å². The molecule has 1 saturated heterocycles. The van der Waals surface area contributed by atoms with Gasteiger partial charge in [0.2, 0.25) is 0 Å². The van der Waals surface area contributed by atoms with Crippen LogP contribution in [0.5, 0.6) is 0 Å². The molecule has 6 rings (SSSR count). The number of nitro benzene ring substituents is 1. The lowest BCUT2D eigenvalue weighted by Crippen LogP contribution is -2.46. The van der Waals surface area contributed by atoms with Gasteiger partial charge in [0.25, 0.3) is 5.69 Å². The predicted octanol–water partition coefficient (Wildman–Crippen LogP) is 4.71. The van der Waals surface area contributed by atoms with Crippen LogP contribution in [-0.2, 0) is 19.4 Å². The summed E-state index contributed by atoms with van der Waals surface area (Å²) in [6.07, 6.45) is 5.71. The lowest BCUT2D eigenvalue weighted by molar-refractivity contribution is -0.384. The number of nitrogens with zero attached hydrogens (tertiary/aromatic N) is 5. The molecule has 2 heterocycles. The number of anilines is 3. The van der Waals surface area contributed by atoms with Crippen LogP contribution in [-0.4, -0.2) is 52.8 Å². The molecule has 6 N–H and O–H groups in total. The van der Waals surface area contributed by atoms with E-state index in [1.165, 1.54) is 35.7 Å². The number of piperazine rings is 1. The van der Waals surface area contributed by atoms with Gasteiger partial charge in [0.05, 0.1) is 10.4 Å². The minimum Gasteiger partial charge on any atom is -0.398 e. The average molecular weight is 597 g/mol. The second-order valence-corrected chi connectivity index (χ2v) is 10.8. The van der Waals surface area contributed by atoms with Crippen molar-refractivity contribution in [2.24, 2.45) is 5.73 Å². The number of aliphatic hydroxyl groups excluding tert-OH is 1. The van der Waals surface area contributed by atoms with Gasteiger partial charge in [-0.05, 0) is 79.6 Å². The van der Waals surface area contributed by atoms with Crippen molar-refractivity contribution in [2.45, 2.75) is 39.2 Å². The quantitative estimate of drug-likeness (QED) is 0.0803. The van der Waals surface area contributed by atoms with Crippen LogP contribution in [0.1, 0.15) is 35.2 Å². The maximum absolute atomic E-state index is 10.7. The molecule has 11 heteroatoms. The summed E-state index contributed by atoms with van der Waals surface area (Å²) in [6.45, 7) is 6.97. The van der Waals surface area contributed by atoms with E-state index in [2.05, 4.69) is 52.0 Å². The molecule has 0 atom stereocenters. The van der Waals surface area contributed by atoms with E-state index in [0.717, 1.165) is 79.2 Å². The fourth-order valence-electron chi connectivity index (χ4n) is 5.64. The van der Waals surface area contributed by atoms with Gasteiger partial charge in [0, 0.05) is 73.0 Å². The number of nitrogens with two attached hydrogens (primary N) is 2. The number of nitrogens with one attached hydrogen (secondary N) is 1. The van der Waals surface area contributed by atoms with E-state index in [4.69, 9.17) is 21.1 Å². The predicted molar refractivity (Wildman–Crippen MR) is 175 cm³/mol. The van der Waals surface area contributed by atoms with E-state index in [1.54, 1.807) is 12.1 Å².